The molecule has 0 atom stereocenters. The number of nitrogens with zero attached hydrogens (tertiary/aromatic N) is 1. The molecule has 2 saturated carbocycles. The minimum atomic E-state index is -3.14. The van der Waals surface area contributed by atoms with Crippen molar-refractivity contribution >= 4 is 15.7 Å². The lowest BCUT2D eigenvalue weighted by molar-refractivity contribution is 0.0955. The molecule has 2 fully saturated rings. The van der Waals surface area contributed by atoms with Gasteiger partial charge in [0.05, 0.1) is 17.9 Å². The summed E-state index contributed by atoms with van der Waals surface area (Å²) in [6.07, 6.45) is 11.0. The molecule has 5 rings (SSSR count). The molecule has 2 aliphatic carbocycles. The highest BCUT2D eigenvalue weighted by Gasteiger charge is 2.49. The molecule has 1 aromatic heterocycles. The predicted molar refractivity (Wildman–Crippen MR) is 153 cm³/mol. The van der Waals surface area contributed by atoms with Crippen molar-refractivity contribution in [1.82, 2.24) is 9.88 Å². The monoisotopic (exact) mass is 540 g/mol. The van der Waals surface area contributed by atoms with Gasteiger partial charge in [0.1, 0.15) is 15.6 Å². The molecule has 208 valence electrons. The molecule has 0 unspecified atom stereocenters. The standard InChI is InChI=1S/C31H44N2O4S/c1-21-24(29(34)32-14-16-38(5,35)36)19-27(33(21)20-22-9-7-6-8-10-22)23-17-25(30(2,3)4)28-26(18-23)31(11-12-31)13-15-37-28/h17-19,22H,6-16,20H2,1-5H3,(H,32,34). The van der Waals surface area contributed by atoms with E-state index < -0.39 is 9.84 Å². The SMILES string of the molecule is Cc1c(C(=O)NCCS(C)(=O)=O)cc(-c2cc(C(C)(C)C)c3c(c2)C2(CCO3)CC2)n1CC1CCCCC1. The first-order chi connectivity index (χ1) is 17.9. The van der Waals surface area contributed by atoms with Crippen LogP contribution >= 0.6 is 0 Å². The summed E-state index contributed by atoms with van der Waals surface area (Å²) in [5.41, 5.74) is 6.56. The van der Waals surface area contributed by atoms with Gasteiger partial charge in [-0.3, -0.25) is 4.79 Å². The average Bonchev–Trinajstić information content (AvgIpc) is 3.54. The number of hydrogen-bond donors (Lipinski definition) is 1. The minimum absolute atomic E-state index is 0.0602. The fourth-order valence-corrected chi connectivity index (χ4v) is 6.93. The van der Waals surface area contributed by atoms with E-state index >= 15 is 0 Å². The van der Waals surface area contributed by atoms with Crippen molar-refractivity contribution in [3.63, 3.8) is 0 Å². The van der Waals surface area contributed by atoms with Gasteiger partial charge in [0.25, 0.3) is 5.91 Å². The molecule has 3 aliphatic rings. The number of rotatable bonds is 7. The number of hydrogen-bond acceptors (Lipinski definition) is 4. The Balaban J connectivity index is 1.59. The zero-order valence-corrected chi connectivity index (χ0v) is 24.6. The molecular weight excluding hydrogens is 496 g/mol. The highest BCUT2D eigenvalue weighted by atomic mass is 32.2. The molecule has 0 radical (unpaired) electrons. The minimum Gasteiger partial charge on any atom is -0.493 e. The highest BCUT2D eigenvalue weighted by molar-refractivity contribution is 7.90. The maximum Gasteiger partial charge on any atom is 0.253 e. The second-order valence-corrected chi connectivity index (χ2v) is 15.3. The van der Waals surface area contributed by atoms with Gasteiger partial charge in [-0.25, -0.2) is 8.42 Å². The van der Waals surface area contributed by atoms with Crippen LogP contribution in [0.25, 0.3) is 11.3 Å². The molecule has 1 N–H and O–H groups in total. The second kappa shape index (κ2) is 10.0. The number of carbonyl (C=O) groups excluding carboxylic acids is 1. The number of ether oxygens (including phenoxy) is 1. The number of amides is 1. The van der Waals surface area contributed by atoms with Crippen LogP contribution in [-0.2, 0) is 27.2 Å². The van der Waals surface area contributed by atoms with Crippen molar-refractivity contribution in [1.29, 1.82) is 0 Å². The molecule has 2 aromatic rings. The van der Waals surface area contributed by atoms with Gasteiger partial charge in [-0.1, -0.05) is 40.0 Å². The van der Waals surface area contributed by atoms with E-state index in [1.165, 1.54) is 62.3 Å². The first kappa shape index (κ1) is 27.3. The lowest BCUT2D eigenvalue weighted by Crippen LogP contribution is -2.29. The number of nitrogens with one attached hydrogen (secondary N) is 1. The number of benzene rings is 1. The topological polar surface area (TPSA) is 77.4 Å². The fourth-order valence-electron chi connectivity index (χ4n) is 6.46. The molecule has 38 heavy (non-hydrogen) atoms. The van der Waals surface area contributed by atoms with Crippen molar-refractivity contribution in [2.24, 2.45) is 5.92 Å². The van der Waals surface area contributed by atoms with Gasteiger partial charge in [-0.05, 0) is 74.1 Å². The summed E-state index contributed by atoms with van der Waals surface area (Å²) >= 11 is 0. The lowest BCUT2D eigenvalue weighted by atomic mass is 9.79. The Kier molecular flexibility index (Phi) is 7.21. The van der Waals surface area contributed by atoms with Crippen molar-refractivity contribution in [3.8, 4) is 17.0 Å². The quantitative estimate of drug-likeness (QED) is 0.472. The molecule has 0 bridgehead atoms. The molecule has 2 heterocycles. The zero-order valence-electron chi connectivity index (χ0n) is 23.8. The Bertz CT molecular complexity index is 1310. The number of fused-ring (bicyclic) bond motifs is 2. The lowest BCUT2D eigenvalue weighted by Gasteiger charge is -2.33. The Hall–Kier alpha value is -2.28. The molecule has 6 nitrogen and oxygen atoms in total. The summed E-state index contributed by atoms with van der Waals surface area (Å²) in [4.78, 5) is 13.3. The van der Waals surface area contributed by atoms with Gasteiger partial charge < -0.3 is 14.6 Å². The van der Waals surface area contributed by atoms with E-state index in [4.69, 9.17) is 4.74 Å². The van der Waals surface area contributed by atoms with E-state index in [0.717, 1.165) is 42.3 Å². The van der Waals surface area contributed by atoms with Gasteiger partial charge in [0, 0.05) is 47.3 Å². The highest BCUT2D eigenvalue weighted by Crippen LogP contribution is 2.58. The number of sulfone groups is 1. The maximum absolute atomic E-state index is 13.3. The molecule has 1 amide bonds. The van der Waals surface area contributed by atoms with Crippen molar-refractivity contribution in [2.75, 3.05) is 25.2 Å². The van der Waals surface area contributed by atoms with Crippen LogP contribution in [0.2, 0.25) is 0 Å². The van der Waals surface area contributed by atoms with Crippen LogP contribution in [0.1, 0.15) is 99.3 Å². The Labute approximate surface area is 228 Å². The number of carbonyl (C=O) groups is 1. The van der Waals surface area contributed by atoms with Gasteiger partial charge in [-0.15, -0.1) is 0 Å². The number of aromatic nitrogens is 1. The van der Waals surface area contributed by atoms with Crippen LogP contribution in [-0.4, -0.2) is 44.1 Å². The molecule has 0 saturated heterocycles. The average molecular weight is 541 g/mol. The van der Waals surface area contributed by atoms with Crippen molar-refractivity contribution in [2.45, 2.75) is 96.4 Å². The molecule has 1 aromatic carbocycles. The largest absolute Gasteiger partial charge is 0.493 e. The third-order valence-corrected chi connectivity index (χ3v) is 9.93. The van der Waals surface area contributed by atoms with Gasteiger partial charge in [0.2, 0.25) is 0 Å². The van der Waals surface area contributed by atoms with E-state index in [-0.39, 0.29) is 29.0 Å². The Morgan fingerprint density at radius 3 is 2.45 bits per heavy atom. The van der Waals surface area contributed by atoms with E-state index in [2.05, 4.69) is 42.8 Å². The summed E-state index contributed by atoms with van der Waals surface area (Å²) in [5, 5.41) is 2.85. The summed E-state index contributed by atoms with van der Waals surface area (Å²) in [7, 11) is -3.14. The molecule has 7 heteroatoms. The smallest absolute Gasteiger partial charge is 0.253 e. The van der Waals surface area contributed by atoms with Crippen LogP contribution in [0.3, 0.4) is 0 Å². The van der Waals surface area contributed by atoms with E-state index in [1.807, 2.05) is 13.0 Å². The van der Waals surface area contributed by atoms with E-state index in [1.54, 1.807) is 0 Å². The molecular formula is C31H44N2O4S. The van der Waals surface area contributed by atoms with Gasteiger partial charge >= 0.3 is 0 Å². The van der Waals surface area contributed by atoms with Crippen molar-refractivity contribution < 1.29 is 17.9 Å². The Morgan fingerprint density at radius 2 is 1.82 bits per heavy atom. The summed E-state index contributed by atoms with van der Waals surface area (Å²) in [6, 6.07) is 6.66. The Morgan fingerprint density at radius 1 is 1.11 bits per heavy atom. The van der Waals surface area contributed by atoms with Gasteiger partial charge in [0.15, 0.2) is 0 Å². The fraction of sp³-hybridized carbons (Fsp3) is 0.645. The van der Waals surface area contributed by atoms with Crippen molar-refractivity contribution in [3.05, 3.63) is 40.6 Å². The van der Waals surface area contributed by atoms with E-state index in [0.29, 0.717) is 11.5 Å². The zero-order chi connectivity index (χ0) is 27.3. The van der Waals surface area contributed by atoms with Crippen LogP contribution in [0.5, 0.6) is 5.75 Å². The van der Waals surface area contributed by atoms with Crippen LogP contribution in [0, 0.1) is 12.8 Å². The normalized spacial score (nSPS) is 19.2. The predicted octanol–water partition coefficient (Wildman–Crippen LogP) is 5.93. The summed E-state index contributed by atoms with van der Waals surface area (Å²) in [5.74, 6) is 1.42. The molecule has 1 aliphatic heterocycles. The summed E-state index contributed by atoms with van der Waals surface area (Å²) in [6.45, 7) is 10.6. The third kappa shape index (κ3) is 5.54. The molecule has 1 spiro atoms. The van der Waals surface area contributed by atoms with Crippen LogP contribution < -0.4 is 10.1 Å². The third-order valence-electron chi connectivity index (χ3n) is 8.98. The van der Waals surface area contributed by atoms with Crippen LogP contribution in [0.4, 0.5) is 0 Å². The van der Waals surface area contributed by atoms with Crippen LogP contribution in [0.15, 0.2) is 18.2 Å². The first-order valence-corrected chi connectivity index (χ1v) is 16.4. The van der Waals surface area contributed by atoms with Gasteiger partial charge in [-0.2, -0.15) is 0 Å². The second-order valence-electron chi connectivity index (χ2n) is 13.1. The first-order valence-electron chi connectivity index (χ1n) is 14.4. The van der Waals surface area contributed by atoms with E-state index in [9.17, 15) is 13.2 Å². The summed E-state index contributed by atoms with van der Waals surface area (Å²) < 4.78 is 31.9. The maximum atomic E-state index is 13.3.